The van der Waals surface area contributed by atoms with Gasteiger partial charge in [0.25, 0.3) is 0 Å². The minimum Gasteiger partial charge on any atom is -0.453 e. The number of hydrogen-bond donors (Lipinski definition) is 0. The number of anilines is 6. The van der Waals surface area contributed by atoms with E-state index in [1.165, 1.54) is 87.3 Å². The standard InChI is InChI=1S/C83H58N4O2/c1-7-21-56(48(3)8-2)62-32-19-34-64-66-40-36-50(5)76(82(66)88-80(62)64)84(52-23-11-9-12-24-52)54-38-42-72-68(44-54)58-28-17-30-60-70-47-75-71(46-74(70)86(72)78(58)60)61-31-18-29-59-69-45-55(39-43-73(69)87(75)79(59)61)85(53-25-13-10-14-26-53)77-51(6)37-41-67-65-35-20-33-63(81(65)89-83(67)77)57-27-16-15-22-49(57)4/h7-47H,2H2,1,3-6H3/b21-7-,56-48+. The van der Waals surface area contributed by atoms with Crippen LogP contribution in [0.1, 0.15) is 36.1 Å². The lowest BCUT2D eigenvalue weighted by atomic mass is 9.97. The van der Waals surface area contributed by atoms with Crippen molar-refractivity contribution >= 4 is 160 Å². The normalized spacial score (nSPS) is 12.7. The molecule has 0 aliphatic carbocycles. The first-order valence-electron chi connectivity index (χ1n) is 30.7. The summed E-state index contributed by atoms with van der Waals surface area (Å²) >= 11 is 0. The van der Waals surface area contributed by atoms with Crippen LogP contribution in [0.25, 0.3) is 137 Å². The van der Waals surface area contributed by atoms with Crippen molar-refractivity contribution in [1.29, 1.82) is 0 Å². The zero-order chi connectivity index (χ0) is 59.5. The Labute approximate surface area is 513 Å². The molecule has 0 N–H and O–H groups in total. The highest BCUT2D eigenvalue weighted by Crippen LogP contribution is 2.51. The molecule has 0 aliphatic rings. The van der Waals surface area contributed by atoms with Crippen LogP contribution in [0.2, 0.25) is 0 Å². The summed E-state index contributed by atoms with van der Waals surface area (Å²) in [5, 5.41) is 14.1. The van der Waals surface area contributed by atoms with Crippen LogP contribution in [0.3, 0.4) is 0 Å². The van der Waals surface area contributed by atoms with E-state index in [0.29, 0.717) is 0 Å². The summed E-state index contributed by atoms with van der Waals surface area (Å²) in [4.78, 5) is 4.79. The Morgan fingerprint density at radius 2 is 0.809 bits per heavy atom. The Morgan fingerprint density at radius 1 is 0.371 bits per heavy atom. The molecule has 12 aromatic carbocycles. The molecule has 0 amide bonds. The van der Waals surface area contributed by atoms with Crippen LogP contribution >= 0.6 is 0 Å². The predicted molar refractivity (Wildman–Crippen MR) is 377 cm³/mol. The van der Waals surface area contributed by atoms with Gasteiger partial charge in [0.1, 0.15) is 11.2 Å². The number of aromatic nitrogens is 2. The third kappa shape index (κ3) is 7.14. The molecule has 0 radical (unpaired) electrons. The van der Waals surface area contributed by atoms with Gasteiger partial charge in [0, 0.05) is 98.5 Å². The second-order valence-electron chi connectivity index (χ2n) is 24.1. The molecule has 18 rings (SSSR count). The summed E-state index contributed by atoms with van der Waals surface area (Å²) in [5.74, 6) is 0. The predicted octanol–water partition coefficient (Wildman–Crippen LogP) is 23.9. The maximum atomic E-state index is 7.20. The van der Waals surface area contributed by atoms with E-state index in [2.05, 4.69) is 302 Å². The van der Waals surface area contributed by atoms with Gasteiger partial charge in [0.2, 0.25) is 0 Å². The summed E-state index contributed by atoms with van der Waals surface area (Å²) in [7, 11) is 0. The highest BCUT2D eigenvalue weighted by atomic mass is 16.3. The van der Waals surface area contributed by atoms with E-state index in [4.69, 9.17) is 8.83 Å². The first-order valence-corrected chi connectivity index (χ1v) is 30.7. The summed E-state index contributed by atoms with van der Waals surface area (Å²) < 4.78 is 19.4. The van der Waals surface area contributed by atoms with Gasteiger partial charge in [0.05, 0.1) is 44.5 Å². The maximum Gasteiger partial charge on any atom is 0.159 e. The van der Waals surface area contributed by atoms with E-state index in [1.54, 1.807) is 0 Å². The van der Waals surface area contributed by atoms with E-state index in [-0.39, 0.29) is 0 Å². The molecule has 89 heavy (non-hydrogen) atoms. The second kappa shape index (κ2) is 19.1. The SMILES string of the molecule is C=C/C(C)=C(\C=C/C)c1cccc2c1oc1c(N(c3ccccc3)c3ccc4c(c3)c3cccc5c6cc7c(cc6n4c35)c3cccc4c5cc(N(c6ccccc6)c6c(C)ccc8c6oc6c(-c9ccccc9C)cccc68)ccc5n7c43)c(C)ccc12. The van der Waals surface area contributed by atoms with Crippen molar-refractivity contribution in [3.8, 4) is 11.1 Å². The quantitative estimate of drug-likeness (QED) is 0.128. The van der Waals surface area contributed by atoms with E-state index in [0.717, 1.165) is 111 Å². The molecule has 0 atom stereocenters. The largest absolute Gasteiger partial charge is 0.453 e. The zero-order valence-corrected chi connectivity index (χ0v) is 50.0. The third-order valence-electron chi connectivity index (χ3n) is 19.2. The lowest BCUT2D eigenvalue weighted by molar-refractivity contribution is 0.667. The zero-order valence-electron chi connectivity index (χ0n) is 50.0. The van der Waals surface area contributed by atoms with Gasteiger partial charge in [-0.05, 0) is 141 Å². The molecule has 0 fully saturated rings. The minimum atomic E-state index is 0.851. The highest BCUT2D eigenvalue weighted by Gasteiger charge is 2.29. The summed E-state index contributed by atoms with van der Waals surface area (Å²) in [6.45, 7) is 14.9. The molecule has 0 bridgehead atoms. The number of fused-ring (bicyclic) bond motifs is 18. The number of rotatable bonds is 10. The Morgan fingerprint density at radius 3 is 1.33 bits per heavy atom. The molecule has 6 heterocycles. The van der Waals surface area contributed by atoms with Crippen LogP contribution in [0, 0.1) is 20.8 Å². The van der Waals surface area contributed by atoms with Gasteiger partial charge >= 0.3 is 0 Å². The van der Waals surface area contributed by atoms with Crippen LogP contribution in [0.5, 0.6) is 0 Å². The van der Waals surface area contributed by atoms with E-state index in [9.17, 15) is 0 Å². The van der Waals surface area contributed by atoms with Gasteiger partial charge in [-0.25, -0.2) is 0 Å². The van der Waals surface area contributed by atoms with Crippen LogP contribution in [0.4, 0.5) is 34.1 Å². The van der Waals surface area contributed by atoms with Gasteiger partial charge < -0.3 is 27.4 Å². The van der Waals surface area contributed by atoms with Gasteiger partial charge in [-0.3, -0.25) is 0 Å². The van der Waals surface area contributed by atoms with Gasteiger partial charge in [-0.1, -0.05) is 183 Å². The molecular weight excluding hydrogens is 1080 g/mol. The summed E-state index contributed by atoms with van der Waals surface area (Å²) in [5.41, 5.74) is 25.9. The summed E-state index contributed by atoms with van der Waals surface area (Å²) in [6, 6.07) is 84.7. The monoisotopic (exact) mass is 1140 g/mol. The van der Waals surface area contributed by atoms with Crippen molar-refractivity contribution in [2.24, 2.45) is 0 Å². The average molecular weight is 1140 g/mol. The fraction of sp³-hybridized carbons (Fsp3) is 0.0602. The lowest BCUT2D eigenvalue weighted by Crippen LogP contribution is -2.11. The molecule has 6 nitrogen and oxygen atoms in total. The lowest BCUT2D eigenvalue weighted by Gasteiger charge is -2.27. The van der Waals surface area contributed by atoms with Gasteiger partial charge in [-0.2, -0.15) is 0 Å². The number of allylic oxidation sites excluding steroid dienone is 5. The number of aryl methyl sites for hydroxylation is 3. The number of nitrogens with zero attached hydrogens (tertiary/aromatic N) is 4. The fourth-order valence-electron chi connectivity index (χ4n) is 15.1. The van der Waals surface area contributed by atoms with Crippen molar-refractivity contribution in [3.63, 3.8) is 0 Å². The maximum absolute atomic E-state index is 7.20. The second-order valence-corrected chi connectivity index (χ2v) is 24.1. The molecule has 6 heteroatoms. The Kier molecular flexibility index (Phi) is 10.9. The van der Waals surface area contributed by atoms with Crippen molar-refractivity contribution in [2.75, 3.05) is 9.80 Å². The van der Waals surface area contributed by atoms with Crippen LogP contribution in [-0.2, 0) is 0 Å². The molecule has 6 aromatic heterocycles. The van der Waals surface area contributed by atoms with E-state index >= 15 is 0 Å². The van der Waals surface area contributed by atoms with Crippen LogP contribution in [0.15, 0.2) is 270 Å². The molecule has 422 valence electrons. The van der Waals surface area contributed by atoms with Crippen molar-refractivity contribution in [2.45, 2.75) is 34.6 Å². The van der Waals surface area contributed by atoms with E-state index in [1.807, 2.05) is 6.08 Å². The Balaban J connectivity index is 0.807. The minimum absolute atomic E-state index is 0.851. The van der Waals surface area contributed by atoms with Crippen molar-refractivity contribution < 1.29 is 8.83 Å². The van der Waals surface area contributed by atoms with Crippen molar-refractivity contribution in [3.05, 3.63) is 283 Å². The molecule has 0 spiro atoms. The molecular formula is C83H58N4O2. The third-order valence-corrected chi connectivity index (χ3v) is 19.2. The first-order chi connectivity index (χ1) is 43.8. The average Bonchev–Trinajstić information content (AvgIpc) is 1.53. The van der Waals surface area contributed by atoms with Gasteiger partial charge in [0.15, 0.2) is 11.2 Å². The fourth-order valence-corrected chi connectivity index (χ4v) is 15.1. The Bertz CT molecular complexity index is 6070. The molecule has 18 aromatic rings. The number of benzene rings is 12. The number of furan rings is 2. The molecule has 0 unspecified atom stereocenters. The van der Waals surface area contributed by atoms with E-state index < -0.39 is 0 Å². The van der Waals surface area contributed by atoms with Crippen molar-refractivity contribution in [1.82, 2.24) is 8.80 Å². The van der Waals surface area contributed by atoms with Crippen LogP contribution < -0.4 is 9.80 Å². The Hall–Kier alpha value is -11.3. The molecule has 0 aliphatic heterocycles. The highest BCUT2D eigenvalue weighted by molar-refractivity contribution is 6.29. The number of para-hydroxylation sites is 6. The van der Waals surface area contributed by atoms with Gasteiger partial charge in [-0.15, -0.1) is 0 Å². The molecule has 0 saturated heterocycles. The topological polar surface area (TPSA) is 41.6 Å². The smallest absolute Gasteiger partial charge is 0.159 e. The summed E-state index contributed by atoms with van der Waals surface area (Å²) in [6.07, 6.45) is 6.16. The molecule has 0 saturated carbocycles. The first kappa shape index (κ1) is 50.9. The van der Waals surface area contributed by atoms with Crippen LogP contribution in [-0.4, -0.2) is 8.80 Å². The number of hydrogen-bond acceptors (Lipinski definition) is 4.